The number of carboxylic acid groups (broad SMARTS) is 1. The maximum absolute atomic E-state index is 12.2. The first-order valence-corrected chi connectivity index (χ1v) is 8.19. The van der Waals surface area contributed by atoms with Crippen LogP contribution in [0.15, 0.2) is 23.1 Å². The van der Waals surface area contributed by atoms with Crippen LogP contribution >= 0.6 is 11.6 Å². The molecular weight excluding hydrogens is 284 g/mol. The van der Waals surface area contributed by atoms with E-state index in [1.807, 2.05) is 0 Å². The van der Waals surface area contributed by atoms with Crippen LogP contribution in [0.25, 0.3) is 0 Å². The Kier molecular flexibility index (Phi) is 4.99. The van der Waals surface area contributed by atoms with E-state index in [0.717, 1.165) is 6.42 Å². The molecule has 1 saturated carbocycles. The first kappa shape index (κ1) is 14.5. The summed E-state index contributed by atoms with van der Waals surface area (Å²) in [7, 11) is -1.14. The third-order valence-electron chi connectivity index (χ3n) is 3.62. The monoisotopic (exact) mass is 300 g/mol. The van der Waals surface area contributed by atoms with Gasteiger partial charge in [-0.05, 0) is 30.5 Å². The van der Waals surface area contributed by atoms with Gasteiger partial charge in [-0.3, -0.25) is 4.21 Å². The number of benzene rings is 1. The van der Waals surface area contributed by atoms with Gasteiger partial charge in [0.2, 0.25) is 0 Å². The van der Waals surface area contributed by atoms with Crippen LogP contribution in [0.1, 0.15) is 42.5 Å². The molecule has 104 valence electrons. The second-order valence-electron chi connectivity index (χ2n) is 4.94. The lowest BCUT2D eigenvalue weighted by Gasteiger charge is -2.09. The Bertz CT molecular complexity index is 495. The van der Waals surface area contributed by atoms with Crippen molar-refractivity contribution in [1.82, 2.24) is 0 Å². The van der Waals surface area contributed by atoms with Crippen molar-refractivity contribution >= 4 is 28.4 Å². The van der Waals surface area contributed by atoms with E-state index in [-0.39, 0.29) is 10.6 Å². The van der Waals surface area contributed by atoms with Crippen molar-refractivity contribution in [1.29, 1.82) is 0 Å². The highest BCUT2D eigenvalue weighted by atomic mass is 35.5. The van der Waals surface area contributed by atoms with Crippen molar-refractivity contribution in [2.24, 2.45) is 5.92 Å². The van der Waals surface area contributed by atoms with Gasteiger partial charge in [-0.25, -0.2) is 4.79 Å². The fraction of sp³-hybridized carbons (Fsp3) is 0.500. The van der Waals surface area contributed by atoms with Gasteiger partial charge in [0.05, 0.1) is 21.4 Å². The fourth-order valence-corrected chi connectivity index (χ4v) is 3.95. The van der Waals surface area contributed by atoms with Gasteiger partial charge in [0.1, 0.15) is 0 Å². The molecule has 1 unspecified atom stereocenters. The number of rotatable bonds is 5. The van der Waals surface area contributed by atoms with Gasteiger partial charge in [0.25, 0.3) is 0 Å². The third kappa shape index (κ3) is 3.80. The quantitative estimate of drug-likeness (QED) is 0.901. The SMILES string of the molecule is O=C(O)c1cc(S(=O)CCC2CCCC2)ccc1Cl. The van der Waals surface area contributed by atoms with Gasteiger partial charge in [0.15, 0.2) is 0 Å². The molecule has 0 aromatic heterocycles. The summed E-state index contributed by atoms with van der Waals surface area (Å²) < 4.78 is 12.2. The zero-order valence-corrected chi connectivity index (χ0v) is 12.2. The summed E-state index contributed by atoms with van der Waals surface area (Å²) in [4.78, 5) is 11.5. The maximum atomic E-state index is 12.2. The molecule has 5 heteroatoms. The summed E-state index contributed by atoms with van der Waals surface area (Å²) in [6, 6.07) is 4.59. The van der Waals surface area contributed by atoms with Crippen LogP contribution in [0.2, 0.25) is 5.02 Å². The van der Waals surface area contributed by atoms with Gasteiger partial charge < -0.3 is 5.11 Å². The summed E-state index contributed by atoms with van der Waals surface area (Å²) in [6.07, 6.45) is 5.98. The normalized spacial score (nSPS) is 17.5. The van der Waals surface area contributed by atoms with Gasteiger partial charge in [-0.15, -0.1) is 0 Å². The molecule has 0 spiro atoms. The molecule has 1 atom stereocenters. The molecule has 3 nitrogen and oxygen atoms in total. The van der Waals surface area contributed by atoms with E-state index in [1.54, 1.807) is 6.07 Å². The fourth-order valence-electron chi connectivity index (χ4n) is 2.50. The molecule has 1 aromatic rings. The Morgan fingerprint density at radius 1 is 1.37 bits per heavy atom. The van der Waals surface area contributed by atoms with E-state index < -0.39 is 16.8 Å². The number of hydrogen-bond donors (Lipinski definition) is 1. The van der Waals surface area contributed by atoms with Crippen LogP contribution < -0.4 is 0 Å². The molecule has 1 aliphatic rings. The average molecular weight is 301 g/mol. The number of carbonyl (C=O) groups is 1. The minimum absolute atomic E-state index is 0.0217. The van der Waals surface area contributed by atoms with Crippen molar-refractivity contribution < 1.29 is 14.1 Å². The minimum atomic E-state index is -1.14. The summed E-state index contributed by atoms with van der Waals surface area (Å²) in [6.45, 7) is 0. The van der Waals surface area contributed by atoms with Crippen molar-refractivity contribution in [2.45, 2.75) is 37.0 Å². The highest BCUT2D eigenvalue weighted by Crippen LogP contribution is 2.28. The predicted octanol–water partition coefficient (Wildman–Crippen LogP) is 3.73. The predicted molar refractivity (Wildman–Crippen MR) is 76.3 cm³/mol. The molecule has 0 amide bonds. The third-order valence-corrected chi connectivity index (χ3v) is 5.33. The topological polar surface area (TPSA) is 54.4 Å². The second kappa shape index (κ2) is 6.53. The number of halogens is 1. The van der Waals surface area contributed by atoms with E-state index in [0.29, 0.717) is 16.6 Å². The number of hydrogen-bond acceptors (Lipinski definition) is 2. The van der Waals surface area contributed by atoms with Gasteiger partial charge in [-0.2, -0.15) is 0 Å². The van der Waals surface area contributed by atoms with E-state index in [1.165, 1.54) is 37.8 Å². The second-order valence-corrected chi connectivity index (χ2v) is 6.91. The molecule has 0 bridgehead atoms. The standard InChI is InChI=1S/C14H17ClO3S/c15-13-6-5-11(9-12(13)14(16)17)19(18)8-7-10-3-1-2-4-10/h5-6,9-10H,1-4,7-8H2,(H,16,17). The first-order valence-electron chi connectivity index (χ1n) is 6.49. The van der Waals surface area contributed by atoms with Crippen LogP contribution in [-0.4, -0.2) is 21.0 Å². The van der Waals surface area contributed by atoms with Crippen molar-refractivity contribution in [2.75, 3.05) is 5.75 Å². The summed E-state index contributed by atoms with van der Waals surface area (Å²) in [5, 5.41) is 9.18. The lowest BCUT2D eigenvalue weighted by molar-refractivity contribution is 0.0697. The molecule has 2 rings (SSSR count). The molecule has 0 radical (unpaired) electrons. The van der Waals surface area contributed by atoms with Crippen molar-refractivity contribution in [3.63, 3.8) is 0 Å². The van der Waals surface area contributed by atoms with Crippen molar-refractivity contribution in [3.8, 4) is 0 Å². The van der Waals surface area contributed by atoms with Gasteiger partial charge in [0, 0.05) is 10.6 Å². The molecule has 1 aliphatic carbocycles. The summed E-state index contributed by atoms with van der Waals surface area (Å²) >= 11 is 5.80. The van der Waals surface area contributed by atoms with Gasteiger partial charge >= 0.3 is 5.97 Å². The highest BCUT2D eigenvalue weighted by Gasteiger charge is 2.17. The first-order chi connectivity index (χ1) is 9.08. The summed E-state index contributed by atoms with van der Waals surface area (Å²) in [5.74, 6) is 0.209. The smallest absolute Gasteiger partial charge is 0.337 e. The molecule has 0 saturated heterocycles. The molecule has 1 N–H and O–H groups in total. The Morgan fingerprint density at radius 3 is 2.68 bits per heavy atom. The van der Waals surface area contributed by atoms with Crippen LogP contribution in [-0.2, 0) is 10.8 Å². The number of aromatic carboxylic acids is 1. The zero-order valence-electron chi connectivity index (χ0n) is 10.6. The van der Waals surface area contributed by atoms with Gasteiger partial charge in [-0.1, -0.05) is 37.3 Å². The lowest BCUT2D eigenvalue weighted by atomic mass is 10.1. The number of carboxylic acids is 1. The average Bonchev–Trinajstić information content (AvgIpc) is 2.89. The molecule has 19 heavy (non-hydrogen) atoms. The zero-order chi connectivity index (χ0) is 13.8. The highest BCUT2D eigenvalue weighted by molar-refractivity contribution is 7.85. The van der Waals surface area contributed by atoms with E-state index in [9.17, 15) is 9.00 Å². The Morgan fingerprint density at radius 2 is 2.05 bits per heavy atom. The van der Waals surface area contributed by atoms with E-state index in [2.05, 4.69) is 0 Å². The Balaban J connectivity index is 2.02. The van der Waals surface area contributed by atoms with Crippen LogP contribution in [0.3, 0.4) is 0 Å². The maximum Gasteiger partial charge on any atom is 0.337 e. The minimum Gasteiger partial charge on any atom is -0.478 e. The van der Waals surface area contributed by atoms with E-state index in [4.69, 9.17) is 16.7 Å². The summed E-state index contributed by atoms with van der Waals surface area (Å²) in [5.41, 5.74) is 0.0217. The molecule has 1 aromatic carbocycles. The molecule has 0 aliphatic heterocycles. The molecule has 1 fully saturated rings. The molecular formula is C14H17ClO3S. The Labute approximate surface area is 120 Å². The molecule has 0 heterocycles. The lowest BCUT2D eigenvalue weighted by Crippen LogP contribution is -2.05. The van der Waals surface area contributed by atoms with Crippen molar-refractivity contribution in [3.05, 3.63) is 28.8 Å². The van der Waals surface area contributed by atoms with Crippen LogP contribution in [0.4, 0.5) is 0 Å². The Hall–Kier alpha value is -0.870. The van der Waals surface area contributed by atoms with Crippen LogP contribution in [0.5, 0.6) is 0 Å². The largest absolute Gasteiger partial charge is 0.478 e. The van der Waals surface area contributed by atoms with Crippen LogP contribution in [0, 0.1) is 5.92 Å². The van der Waals surface area contributed by atoms with E-state index >= 15 is 0 Å².